The van der Waals surface area contributed by atoms with Crippen molar-refractivity contribution in [2.45, 2.75) is 23.0 Å². The number of rotatable bonds is 6. The molecule has 0 aliphatic carbocycles. The minimum Gasteiger partial charge on any atom is -0.465 e. The van der Waals surface area contributed by atoms with Gasteiger partial charge in [0.1, 0.15) is 0 Å². The van der Waals surface area contributed by atoms with E-state index in [1.165, 1.54) is 0 Å². The van der Waals surface area contributed by atoms with Crippen LogP contribution in [0.2, 0.25) is 0 Å². The number of nitrogens with one attached hydrogen (secondary N) is 1. The molecule has 5 rings (SSSR count). The highest BCUT2D eigenvalue weighted by Crippen LogP contribution is 2.48. The van der Waals surface area contributed by atoms with Gasteiger partial charge in [-0.2, -0.15) is 5.10 Å². The van der Waals surface area contributed by atoms with E-state index in [0.717, 1.165) is 0 Å². The summed E-state index contributed by atoms with van der Waals surface area (Å²) in [5, 5.41) is 14.9. The lowest BCUT2D eigenvalue weighted by molar-refractivity contribution is 0.0298. The van der Waals surface area contributed by atoms with Gasteiger partial charge in [-0.05, 0) is 31.0 Å². The first kappa shape index (κ1) is 24.0. The number of carboxylic acid groups (broad SMARTS) is 1. The first-order valence-electron chi connectivity index (χ1n) is 11.7. The topological polar surface area (TPSA) is 131 Å². The molecule has 1 aromatic heterocycles. The average molecular weight is 511 g/mol. The minimum atomic E-state index is -3.88. The lowest BCUT2D eigenvalue weighted by atomic mass is 9.98. The van der Waals surface area contributed by atoms with Crippen LogP contribution in [-0.4, -0.2) is 73.1 Å². The fourth-order valence-corrected chi connectivity index (χ4v) is 6.88. The highest BCUT2D eigenvalue weighted by atomic mass is 32.2. The highest BCUT2D eigenvalue weighted by Gasteiger charge is 2.44. The Hall–Kier alpha value is -3.70. The van der Waals surface area contributed by atoms with Gasteiger partial charge in [-0.3, -0.25) is 4.79 Å². The van der Waals surface area contributed by atoms with Crippen molar-refractivity contribution < 1.29 is 27.9 Å². The van der Waals surface area contributed by atoms with E-state index in [-0.39, 0.29) is 35.9 Å². The van der Waals surface area contributed by atoms with E-state index >= 15 is 0 Å². The number of nitrogens with zero attached hydrogens (tertiary/aromatic N) is 3. The standard InChI is InChI=1S/C25H26N4O6S/c30-24(28-13-15-35-16-14-28)22-21-20(11-6-12-26-25(31)32)36(33,34)19-10-5-4-9-18(19)23(21)29(27-22)17-7-2-1-3-8-17/h1-5,7-10,20,26H,6,11-16H2,(H,31,32). The number of benzene rings is 2. The molecule has 36 heavy (non-hydrogen) atoms. The zero-order valence-electron chi connectivity index (χ0n) is 19.5. The number of carbonyl (C=O) groups is 2. The van der Waals surface area contributed by atoms with E-state index < -0.39 is 21.2 Å². The van der Waals surface area contributed by atoms with Crippen LogP contribution in [0.3, 0.4) is 0 Å². The van der Waals surface area contributed by atoms with Crippen LogP contribution < -0.4 is 5.32 Å². The maximum absolute atomic E-state index is 13.9. The summed E-state index contributed by atoms with van der Waals surface area (Å²) in [6, 6.07) is 16.0. The lowest BCUT2D eigenvalue weighted by Gasteiger charge is -2.29. The van der Waals surface area contributed by atoms with Gasteiger partial charge in [0.15, 0.2) is 15.5 Å². The third kappa shape index (κ3) is 4.24. The van der Waals surface area contributed by atoms with Gasteiger partial charge < -0.3 is 20.1 Å². The zero-order valence-corrected chi connectivity index (χ0v) is 20.3. The Labute approximate surface area is 208 Å². The number of carbonyl (C=O) groups excluding carboxylic acids is 1. The molecule has 1 saturated heterocycles. The van der Waals surface area contributed by atoms with Gasteiger partial charge in [-0.15, -0.1) is 0 Å². The van der Waals surface area contributed by atoms with Crippen molar-refractivity contribution in [3.05, 3.63) is 65.9 Å². The van der Waals surface area contributed by atoms with E-state index in [9.17, 15) is 18.0 Å². The highest BCUT2D eigenvalue weighted by molar-refractivity contribution is 7.92. The summed E-state index contributed by atoms with van der Waals surface area (Å²) in [6.45, 7) is 1.68. The van der Waals surface area contributed by atoms with Crippen LogP contribution in [0.15, 0.2) is 59.5 Å². The van der Waals surface area contributed by atoms with Crippen molar-refractivity contribution in [1.82, 2.24) is 20.0 Å². The van der Waals surface area contributed by atoms with Gasteiger partial charge in [-0.25, -0.2) is 17.9 Å². The van der Waals surface area contributed by atoms with Crippen molar-refractivity contribution in [3.63, 3.8) is 0 Å². The Balaban J connectivity index is 1.71. The van der Waals surface area contributed by atoms with E-state index in [0.29, 0.717) is 48.8 Å². The number of sulfone groups is 1. The molecule has 2 aliphatic rings. The number of para-hydroxylation sites is 1. The Kier molecular flexibility index (Phi) is 6.50. The van der Waals surface area contributed by atoms with Crippen LogP contribution in [0.1, 0.15) is 34.1 Å². The van der Waals surface area contributed by atoms with Gasteiger partial charge in [0, 0.05) is 30.8 Å². The first-order chi connectivity index (χ1) is 17.4. The molecule has 2 N–H and O–H groups in total. The third-order valence-corrected chi connectivity index (χ3v) is 8.68. The van der Waals surface area contributed by atoms with Crippen molar-refractivity contribution in [2.24, 2.45) is 0 Å². The maximum atomic E-state index is 13.9. The van der Waals surface area contributed by atoms with Crippen LogP contribution in [0.25, 0.3) is 16.9 Å². The molecule has 0 saturated carbocycles. The molecule has 0 spiro atoms. The van der Waals surface area contributed by atoms with Gasteiger partial charge in [-0.1, -0.05) is 36.4 Å². The van der Waals surface area contributed by atoms with Crippen molar-refractivity contribution in [1.29, 1.82) is 0 Å². The number of hydrogen-bond acceptors (Lipinski definition) is 6. The molecule has 3 aromatic rings. The molecule has 1 unspecified atom stereocenters. The summed E-state index contributed by atoms with van der Waals surface area (Å²) in [4.78, 5) is 26.4. The number of amides is 2. The summed E-state index contributed by atoms with van der Waals surface area (Å²) in [5.41, 5.74) is 2.23. The average Bonchev–Trinajstić information content (AvgIpc) is 3.29. The van der Waals surface area contributed by atoms with Crippen molar-refractivity contribution >= 4 is 21.8 Å². The summed E-state index contributed by atoms with van der Waals surface area (Å²) in [7, 11) is -3.88. The monoisotopic (exact) mass is 510 g/mol. The third-order valence-electron chi connectivity index (χ3n) is 6.49. The maximum Gasteiger partial charge on any atom is 0.404 e. The Morgan fingerprint density at radius 1 is 1.06 bits per heavy atom. The van der Waals surface area contributed by atoms with Gasteiger partial charge >= 0.3 is 6.09 Å². The predicted octanol–water partition coefficient (Wildman–Crippen LogP) is 2.89. The Morgan fingerprint density at radius 3 is 2.47 bits per heavy atom. The van der Waals surface area contributed by atoms with Gasteiger partial charge in [0.2, 0.25) is 0 Å². The zero-order chi connectivity index (χ0) is 25.3. The Morgan fingerprint density at radius 2 is 1.75 bits per heavy atom. The molecule has 10 nitrogen and oxygen atoms in total. The molecule has 0 bridgehead atoms. The molecule has 188 valence electrons. The number of morpholine rings is 1. The second kappa shape index (κ2) is 9.75. The molecule has 2 amide bonds. The quantitative estimate of drug-likeness (QED) is 0.488. The summed E-state index contributed by atoms with van der Waals surface area (Å²) in [5.74, 6) is -0.340. The fourth-order valence-electron chi connectivity index (χ4n) is 4.83. The lowest BCUT2D eigenvalue weighted by Crippen LogP contribution is -2.41. The van der Waals surface area contributed by atoms with E-state index in [4.69, 9.17) is 14.9 Å². The van der Waals surface area contributed by atoms with E-state index in [1.54, 1.807) is 33.8 Å². The predicted molar refractivity (Wildman–Crippen MR) is 131 cm³/mol. The second-order valence-electron chi connectivity index (χ2n) is 8.67. The first-order valence-corrected chi connectivity index (χ1v) is 13.3. The largest absolute Gasteiger partial charge is 0.465 e. The summed E-state index contributed by atoms with van der Waals surface area (Å²) < 4.78 is 34.8. The van der Waals surface area contributed by atoms with E-state index in [1.807, 2.05) is 30.3 Å². The number of fused-ring (bicyclic) bond motifs is 3. The van der Waals surface area contributed by atoms with Gasteiger partial charge in [0.05, 0.1) is 34.7 Å². The minimum absolute atomic E-state index is 0.0951. The molecule has 3 heterocycles. The van der Waals surface area contributed by atoms with Crippen LogP contribution in [0, 0.1) is 0 Å². The molecular weight excluding hydrogens is 484 g/mol. The number of ether oxygens (including phenoxy) is 1. The second-order valence-corrected chi connectivity index (χ2v) is 10.8. The van der Waals surface area contributed by atoms with Crippen LogP contribution in [0.4, 0.5) is 4.79 Å². The smallest absolute Gasteiger partial charge is 0.404 e. The summed E-state index contributed by atoms with van der Waals surface area (Å²) >= 11 is 0. The number of aromatic nitrogens is 2. The molecule has 0 radical (unpaired) electrons. The fraction of sp³-hybridized carbons (Fsp3) is 0.320. The molecule has 1 fully saturated rings. The van der Waals surface area contributed by atoms with Crippen molar-refractivity contribution in [3.8, 4) is 16.9 Å². The molecule has 1 atom stereocenters. The van der Waals surface area contributed by atoms with Crippen LogP contribution in [-0.2, 0) is 14.6 Å². The molecule has 2 aromatic carbocycles. The molecular formula is C25H26N4O6S. The van der Waals surface area contributed by atoms with E-state index in [2.05, 4.69) is 5.32 Å². The normalized spacial score (nSPS) is 18.2. The van der Waals surface area contributed by atoms with Gasteiger partial charge in [0.25, 0.3) is 5.91 Å². The molecule has 11 heteroatoms. The summed E-state index contributed by atoms with van der Waals surface area (Å²) in [6.07, 6.45) is -0.763. The molecule has 2 aliphatic heterocycles. The number of hydrogen-bond donors (Lipinski definition) is 2. The van der Waals surface area contributed by atoms with Crippen molar-refractivity contribution in [2.75, 3.05) is 32.8 Å². The van der Waals surface area contributed by atoms with Crippen LogP contribution >= 0.6 is 0 Å². The van der Waals surface area contributed by atoms with Crippen LogP contribution in [0.5, 0.6) is 0 Å². The Bertz CT molecular complexity index is 1400. The SMILES string of the molecule is O=C(O)NCCCC1c2c(C(=O)N3CCOCC3)nn(-c3ccccc3)c2-c2ccccc2S1(=O)=O.